The zero-order valence-corrected chi connectivity index (χ0v) is 15.0. The van der Waals surface area contributed by atoms with Gasteiger partial charge in [0.05, 0.1) is 18.8 Å². The summed E-state index contributed by atoms with van der Waals surface area (Å²) in [4.78, 5) is 33.9. The largest absolute Gasteiger partial charge is 0.486 e. The van der Waals surface area contributed by atoms with Crippen LogP contribution in [-0.4, -0.2) is 40.4 Å². The number of amides is 2. The molecule has 2 fully saturated rings. The van der Waals surface area contributed by atoms with E-state index in [-0.39, 0.29) is 23.8 Å². The summed E-state index contributed by atoms with van der Waals surface area (Å²) in [6.07, 6.45) is 5.76. The molecule has 6 heteroatoms. The van der Waals surface area contributed by atoms with Gasteiger partial charge < -0.3 is 14.5 Å². The van der Waals surface area contributed by atoms with E-state index in [1.807, 2.05) is 36.4 Å². The standard InChI is InChI=1S/C21H21N3O3/c25-20(15-7-8-15)24-13-16-10-18(24)21(26)23(12-14-4-3-9-22-11-14)17-5-1-2-6-19(17)27-16/h1-6,9,11,15-16,18H,7-8,10,12-13H2/t16-,18-/m0/s1. The van der Waals surface area contributed by atoms with Gasteiger partial charge in [-0.05, 0) is 36.6 Å². The number of aromatic nitrogens is 1. The molecular formula is C21H21N3O3. The van der Waals surface area contributed by atoms with Crippen molar-refractivity contribution in [3.63, 3.8) is 0 Å². The molecule has 27 heavy (non-hydrogen) atoms. The molecule has 2 amide bonds. The van der Waals surface area contributed by atoms with Gasteiger partial charge in [-0.25, -0.2) is 0 Å². The van der Waals surface area contributed by atoms with E-state index >= 15 is 0 Å². The lowest BCUT2D eigenvalue weighted by atomic mass is 10.1. The number of fused-ring (bicyclic) bond motifs is 3. The highest BCUT2D eigenvalue weighted by Crippen LogP contribution is 2.39. The monoisotopic (exact) mass is 363 g/mol. The molecule has 1 saturated carbocycles. The summed E-state index contributed by atoms with van der Waals surface area (Å²) >= 11 is 0. The highest BCUT2D eigenvalue weighted by atomic mass is 16.5. The molecule has 2 aliphatic heterocycles. The van der Waals surface area contributed by atoms with E-state index in [4.69, 9.17) is 4.74 Å². The van der Waals surface area contributed by atoms with Crippen LogP contribution in [0.3, 0.4) is 0 Å². The van der Waals surface area contributed by atoms with E-state index < -0.39 is 6.04 Å². The molecule has 138 valence electrons. The highest BCUT2D eigenvalue weighted by molar-refractivity contribution is 6.01. The average Bonchev–Trinajstić information content (AvgIpc) is 3.46. The number of rotatable bonds is 3. The van der Waals surface area contributed by atoms with Crippen molar-refractivity contribution in [1.82, 2.24) is 9.88 Å². The van der Waals surface area contributed by atoms with Gasteiger partial charge in [-0.3, -0.25) is 14.6 Å². The summed E-state index contributed by atoms with van der Waals surface area (Å²) in [5, 5.41) is 0. The van der Waals surface area contributed by atoms with Crippen LogP contribution in [0.4, 0.5) is 5.69 Å². The molecular weight excluding hydrogens is 342 g/mol. The van der Waals surface area contributed by atoms with Gasteiger partial charge in [0, 0.05) is 24.7 Å². The van der Waals surface area contributed by atoms with Crippen molar-refractivity contribution in [3.8, 4) is 5.75 Å². The van der Waals surface area contributed by atoms with Gasteiger partial charge in [-0.2, -0.15) is 0 Å². The number of pyridine rings is 1. The number of carbonyl (C=O) groups excluding carboxylic acids is 2. The second-order valence-corrected chi connectivity index (χ2v) is 7.51. The average molecular weight is 363 g/mol. The molecule has 2 bridgehead atoms. The van der Waals surface area contributed by atoms with Gasteiger partial charge in [-0.15, -0.1) is 0 Å². The molecule has 6 nitrogen and oxygen atoms in total. The molecule has 1 aromatic carbocycles. The van der Waals surface area contributed by atoms with Gasteiger partial charge in [0.1, 0.15) is 17.9 Å². The van der Waals surface area contributed by atoms with Crippen LogP contribution in [0.15, 0.2) is 48.8 Å². The fourth-order valence-electron chi connectivity index (χ4n) is 4.02. The topological polar surface area (TPSA) is 62.7 Å². The Balaban J connectivity index is 1.53. The van der Waals surface area contributed by atoms with E-state index in [0.29, 0.717) is 25.3 Å². The van der Waals surface area contributed by atoms with Gasteiger partial charge in [0.25, 0.3) is 0 Å². The van der Waals surface area contributed by atoms with Crippen LogP contribution < -0.4 is 9.64 Å². The van der Waals surface area contributed by atoms with Crippen molar-refractivity contribution in [1.29, 1.82) is 0 Å². The van der Waals surface area contributed by atoms with Crippen LogP contribution in [0.1, 0.15) is 24.8 Å². The Labute approximate surface area is 157 Å². The quantitative estimate of drug-likeness (QED) is 0.840. The number of anilines is 1. The molecule has 0 N–H and O–H groups in total. The van der Waals surface area contributed by atoms with Gasteiger partial charge >= 0.3 is 0 Å². The predicted molar refractivity (Wildman–Crippen MR) is 99.1 cm³/mol. The second kappa shape index (κ2) is 6.37. The van der Waals surface area contributed by atoms with Crippen LogP contribution in [0, 0.1) is 5.92 Å². The van der Waals surface area contributed by atoms with E-state index in [1.165, 1.54) is 0 Å². The van der Waals surface area contributed by atoms with Crippen LogP contribution in [0.5, 0.6) is 5.75 Å². The predicted octanol–water partition coefficient (Wildman–Crippen LogP) is 2.39. The Morgan fingerprint density at radius 3 is 2.81 bits per heavy atom. The lowest BCUT2D eigenvalue weighted by Gasteiger charge is -2.31. The minimum absolute atomic E-state index is 0.0360. The summed E-state index contributed by atoms with van der Waals surface area (Å²) in [5.41, 5.74) is 1.69. The van der Waals surface area contributed by atoms with Crippen LogP contribution >= 0.6 is 0 Å². The van der Waals surface area contributed by atoms with E-state index in [0.717, 1.165) is 24.1 Å². The maximum atomic E-state index is 13.5. The first-order valence-corrected chi connectivity index (χ1v) is 9.47. The van der Waals surface area contributed by atoms with Crippen LogP contribution in [-0.2, 0) is 16.1 Å². The fourth-order valence-corrected chi connectivity index (χ4v) is 4.02. The first kappa shape index (κ1) is 16.3. The number of ether oxygens (including phenoxy) is 1. The Bertz CT molecular complexity index is 881. The lowest BCUT2D eigenvalue weighted by Crippen LogP contribution is -2.48. The normalized spacial score (nSPS) is 24.1. The summed E-state index contributed by atoms with van der Waals surface area (Å²) in [6.45, 7) is 0.889. The molecule has 3 heterocycles. The zero-order chi connectivity index (χ0) is 18.4. The highest BCUT2D eigenvalue weighted by Gasteiger charge is 2.47. The number of hydrogen-bond donors (Lipinski definition) is 0. The molecule has 2 atom stereocenters. The molecule has 3 aliphatic rings. The number of hydrogen-bond acceptors (Lipinski definition) is 4. The summed E-state index contributed by atoms with van der Waals surface area (Å²) in [5.74, 6) is 0.852. The Hall–Kier alpha value is -2.89. The van der Waals surface area contributed by atoms with Crippen molar-refractivity contribution in [3.05, 3.63) is 54.4 Å². The Morgan fingerprint density at radius 1 is 1.19 bits per heavy atom. The summed E-state index contributed by atoms with van der Waals surface area (Å²) in [7, 11) is 0. The molecule has 1 aliphatic carbocycles. The number of nitrogens with zero attached hydrogens (tertiary/aromatic N) is 3. The Morgan fingerprint density at radius 2 is 2.04 bits per heavy atom. The minimum atomic E-state index is -0.451. The molecule has 0 spiro atoms. The maximum absolute atomic E-state index is 13.5. The summed E-state index contributed by atoms with van der Waals surface area (Å²) < 4.78 is 6.22. The van der Waals surface area contributed by atoms with Gasteiger partial charge in [-0.1, -0.05) is 18.2 Å². The third-order valence-corrected chi connectivity index (χ3v) is 5.54. The fraction of sp³-hybridized carbons (Fsp3) is 0.381. The number of likely N-dealkylation sites (tertiary alicyclic amines) is 1. The van der Waals surface area contributed by atoms with E-state index in [2.05, 4.69) is 4.98 Å². The van der Waals surface area contributed by atoms with Gasteiger partial charge in [0.2, 0.25) is 11.8 Å². The first-order chi connectivity index (χ1) is 13.2. The van der Waals surface area contributed by atoms with Crippen LogP contribution in [0.25, 0.3) is 0 Å². The van der Waals surface area contributed by atoms with Crippen molar-refractivity contribution in [2.45, 2.75) is 38.0 Å². The summed E-state index contributed by atoms with van der Waals surface area (Å²) in [6, 6.07) is 11.0. The maximum Gasteiger partial charge on any atom is 0.250 e. The molecule has 1 aromatic heterocycles. The third kappa shape index (κ3) is 2.95. The van der Waals surface area contributed by atoms with Crippen LogP contribution in [0.2, 0.25) is 0 Å². The van der Waals surface area contributed by atoms with Crippen molar-refractivity contribution in [2.24, 2.45) is 5.92 Å². The first-order valence-electron chi connectivity index (χ1n) is 9.47. The number of benzene rings is 1. The Kier molecular flexibility index (Phi) is 3.85. The van der Waals surface area contributed by atoms with Gasteiger partial charge in [0.15, 0.2) is 0 Å². The SMILES string of the molecule is O=C1[C@@H]2C[C@@H](CN2C(=O)C2CC2)Oc2ccccc2N1Cc1cccnc1. The van der Waals surface area contributed by atoms with Crippen molar-refractivity contribution in [2.75, 3.05) is 11.4 Å². The zero-order valence-electron chi connectivity index (χ0n) is 15.0. The minimum Gasteiger partial charge on any atom is -0.486 e. The molecule has 0 unspecified atom stereocenters. The van der Waals surface area contributed by atoms with Crippen molar-refractivity contribution < 1.29 is 14.3 Å². The smallest absolute Gasteiger partial charge is 0.250 e. The lowest BCUT2D eigenvalue weighted by molar-refractivity contribution is -0.138. The van der Waals surface area contributed by atoms with E-state index in [9.17, 15) is 9.59 Å². The molecule has 0 radical (unpaired) electrons. The molecule has 1 saturated heterocycles. The third-order valence-electron chi connectivity index (χ3n) is 5.54. The van der Waals surface area contributed by atoms with Crippen molar-refractivity contribution >= 4 is 17.5 Å². The van der Waals surface area contributed by atoms with E-state index in [1.54, 1.807) is 22.2 Å². The number of carbonyl (C=O) groups is 2. The molecule has 2 aromatic rings. The molecule has 5 rings (SSSR count). The second-order valence-electron chi connectivity index (χ2n) is 7.51. The number of para-hydroxylation sites is 2.